The van der Waals surface area contributed by atoms with Crippen LogP contribution in [0.1, 0.15) is 49.0 Å². The van der Waals surface area contributed by atoms with Crippen LogP contribution in [0, 0.1) is 16.7 Å². The van der Waals surface area contributed by atoms with E-state index in [9.17, 15) is 14.9 Å². The number of carbonyl (C=O) groups excluding carboxylic acids is 2. The van der Waals surface area contributed by atoms with E-state index in [0.717, 1.165) is 12.8 Å². The van der Waals surface area contributed by atoms with Gasteiger partial charge in [-0.2, -0.15) is 5.26 Å². The molecule has 2 N–H and O–H groups in total. The number of esters is 1. The van der Waals surface area contributed by atoms with Gasteiger partial charge < -0.3 is 19.9 Å². The van der Waals surface area contributed by atoms with Crippen LogP contribution in [0.15, 0.2) is 47.1 Å². The van der Waals surface area contributed by atoms with Crippen LogP contribution in [0.5, 0.6) is 0 Å². The Hall–Kier alpha value is -3.27. The van der Waals surface area contributed by atoms with Crippen LogP contribution in [0.2, 0.25) is 0 Å². The first kappa shape index (κ1) is 18.1. The summed E-state index contributed by atoms with van der Waals surface area (Å²) < 4.78 is 17.3. The minimum atomic E-state index is -1.78. The van der Waals surface area contributed by atoms with Crippen molar-refractivity contribution in [3.8, 4) is 6.07 Å². The lowest BCUT2D eigenvalue weighted by Gasteiger charge is -2.31. The van der Waals surface area contributed by atoms with E-state index in [0.29, 0.717) is 17.5 Å². The number of carbonyl (C=O) groups is 2. The first-order valence-corrected chi connectivity index (χ1v) is 9.26. The summed E-state index contributed by atoms with van der Waals surface area (Å²) in [5.41, 5.74) is 4.83. The third kappa shape index (κ3) is 1.92. The van der Waals surface area contributed by atoms with Crippen LogP contribution >= 0.6 is 0 Å². The maximum Gasteiger partial charge on any atom is 0.339 e. The van der Waals surface area contributed by atoms with Crippen molar-refractivity contribution in [2.24, 2.45) is 11.1 Å². The van der Waals surface area contributed by atoms with Crippen molar-refractivity contribution in [1.82, 2.24) is 0 Å². The topological polar surface area (TPSA) is 112 Å². The number of rotatable bonds is 5. The fourth-order valence-electron chi connectivity index (χ4n) is 4.43. The van der Waals surface area contributed by atoms with Gasteiger partial charge in [0.15, 0.2) is 11.2 Å². The second-order valence-electron chi connectivity index (χ2n) is 7.07. The molecule has 2 unspecified atom stereocenters. The Bertz CT molecular complexity index is 1000. The number of ether oxygens (including phenoxy) is 3. The zero-order valence-corrected chi connectivity index (χ0v) is 15.7. The molecule has 1 aromatic rings. The van der Waals surface area contributed by atoms with E-state index < -0.39 is 23.0 Å². The number of Topliss-reactive ketones (excluding diaryl/α,β-unsaturated/α-hetero) is 1. The van der Waals surface area contributed by atoms with Gasteiger partial charge in [-0.3, -0.25) is 4.79 Å². The van der Waals surface area contributed by atoms with Crippen LogP contribution in [0.25, 0.3) is 0 Å². The second-order valence-corrected chi connectivity index (χ2v) is 7.07. The van der Waals surface area contributed by atoms with Crippen molar-refractivity contribution in [2.75, 3.05) is 6.61 Å². The number of allylic oxidation sites excluding steroid dienone is 1. The van der Waals surface area contributed by atoms with E-state index in [1.165, 1.54) is 0 Å². The molecule has 0 aromatic heterocycles. The minimum Gasteiger partial charge on any atom is -0.462 e. The van der Waals surface area contributed by atoms with Crippen LogP contribution < -0.4 is 5.73 Å². The first-order valence-electron chi connectivity index (χ1n) is 9.26. The average molecular weight is 380 g/mol. The molecule has 1 aliphatic carbocycles. The Balaban J connectivity index is 1.87. The van der Waals surface area contributed by atoms with E-state index in [1.807, 2.05) is 13.0 Å². The highest BCUT2D eigenvalue weighted by Crippen LogP contribution is 2.69. The van der Waals surface area contributed by atoms with Crippen molar-refractivity contribution in [3.63, 3.8) is 0 Å². The van der Waals surface area contributed by atoms with Gasteiger partial charge >= 0.3 is 11.8 Å². The maximum atomic E-state index is 13.6. The van der Waals surface area contributed by atoms with Gasteiger partial charge in [0.2, 0.25) is 5.88 Å². The molecule has 0 bridgehead atoms. The first-order chi connectivity index (χ1) is 13.5. The average Bonchev–Trinajstić information content (AvgIpc) is 3.15. The molecule has 144 valence electrons. The van der Waals surface area contributed by atoms with Gasteiger partial charge in [0.05, 0.1) is 6.61 Å². The van der Waals surface area contributed by atoms with Crippen LogP contribution in [-0.2, 0) is 24.8 Å². The van der Waals surface area contributed by atoms with Gasteiger partial charge in [-0.05, 0) is 13.3 Å². The molecule has 0 saturated carbocycles. The number of nitrogens with two attached hydrogens (primary N) is 1. The lowest BCUT2D eigenvalue weighted by molar-refractivity contribution is -0.199. The highest BCUT2D eigenvalue weighted by molar-refractivity contribution is 6.16. The Morgan fingerprint density at radius 3 is 2.75 bits per heavy atom. The summed E-state index contributed by atoms with van der Waals surface area (Å²) in [7, 11) is 0. The largest absolute Gasteiger partial charge is 0.462 e. The number of fused-ring (bicyclic) bond motifs is 1. The second kappa shape index (κ2) is 6.13. The number of nitriles is 1. The molecule has 7 nitrogen and oxygen atoms in total. The third-order valence-electron chi connectivity index (χ3n) is 5.56. The van der Waals surface area contributed by atoms with E-state index in [1.54, 1.807) is 31.2 Å². The van der Waals surface area contributed by atoms with E-state index in [2.05, 4.69) is 0 Å². The number of ketones is 1. The summed E-state index contributed by atoms with van der Waals surface area (Å²) in [4.78, 5) is 26.6. The predicted octanol–water partition coefficient (Wildman–Crippen LogP) is 2.78. The molecule has 1 aromatic carbocycles. The molecule has 0 radical (unpaired) electrons. The molecule has 3 aliphatic rings. The van der Waals surface area contributed by atoms with Crippen molar-refractivity contribution in [1.29, 1.82) is 5.26 Å². The number of hydrogen-bond donors (Lipinski definition) is 1. The lowest BCUT2D eigenvalue weighted by Crippen LogP contribution is -2.45. The molecule has 0 fully saturated rings. The van der Waals surface area contributed by atoms with Crippen LogP contribution in [0.4, 0.5) is 0 Å². The summed E-state index contributed by atoms with van der Waals surface area (Å²) in [6.07, 6.45) is 2.61. The highest BCUT2D eigenvalue weighted by atomic mass is 16.7. The molecule has 2 aliphatic heterocycles. The Morgan fingerprint density at radius 2 is 2.04 bits per heavy atom. The number of benzene rings is 1. The molecule has 7 heteroatoms. The van der Waals surface area contributed by atoms with E-state index in [4.69, 9.17) is 19.9 Å². The quantitative estimate of drug-likeness (QED) is 0.617. The van der Waals surface area contributed by atoms with Gasteiger partial charge in [0.25, 0.3) is 0 Å². The Kier molecular flexibility index (Phi) is 3.96. The van der Waals surface area contributed by atoms with Crippen LogP contribution in [-0.4, -0.2) is 18.4 Å². The predicted molar refractivity (Wildman–Crippen MR) is 97.1 cm³/mol. The highest BCUT2D eigenvalue weighted by Gasteiger charge is 2.80. The SMILES string of the molecule is CCCCCOC(=O)C1=C(C)OC23OC(N)=C(C#N)C12C(=O)c1ccccc13. The van der Waals surface area contributed by atoms with Crippen molar-refractivity contribution in [3.05, 3.63) is 58.2 Å². The van der Waals surface area contributed by atoms with Gasteiger partial charge in [0, 0.05) is 11.1 Å². The minimum absolute atomic E-state index is 0.0119. The lowest BCUT2D eigenvalue weighted by atomic mass is 9.69. The van der Waals surface area contributed by atoms with Gasteiger partial charge in [-0.15, -0.1) is 0 Å². The Labute approximate surface area is 162 Å². The molecule has 0 saturated heterocycles. The molecule has 0 amide bonds. The number of hydrogen-bond acceptors (Lipinski definition) is 7. The summed E-state index contributed by atoms with van der Waals surface area (Å²) in [6, 6.07) is 8.73. The number of nitrogens with zero attached hydrogens (tertiary/aromatic N) is 1. The summed E-state index contributed by atoms with van der Waals surface area (Å²) in [5, 5.41) is 9.80. The number of unbranched alkanes of at least 4 members (excludes halogenated alkanes) is 2. The molecular formula is C21H20N2O5. The third-order valence-corrected chi connectivity index (χ3v) is 5.56. The van der Waals surface area contributed by atoms with Crippen molar-refractivity contribution < 1.29 is 23.8 Å². The summed E-state index contributed by atoms with van der Waals surface area (Å²) in [6.45, 7) is 3.83. The standard InChI is InChI=1S/C21H20N2O5/c1-3-4-7-10-26-19(25)16-12(2)27-21-14-9-6-5-8-13(14)17(24)20(16,21)15(11-22)18(23)28-21/h5-6,8-9H,3-4,7,10,23H2,1-2H3. The maximum absolute atomic E-state index is 13.6. The molecule has 2 atom stereocenters. The zero-order chi connectivity index (χ0) is 20.1. The van der Waals surface area contributed by atoms with Gasteiger partial charge in [-0.1, -0.05) is 44.0 Å². The fourth-order valence-corrected chi connectivity index (χ4v) is 4.43. The smallest absolute Gasteiger partial charge is 0.339 e. The van der Waals surface area contributed by atoms with Gasteiger partial charge in [-0.25, -0.2) is 4.79 Å². The summed E-state index contributed by atoms with van der Waals surface area (Å²) >= 11 is 0. The fraction of sp³-hybridized carbons (Fsp3) is 0.381. The van der Waals surface area contributed by atoms with E-state index in [-0.39, 0.29) is 29.4 Å². The van der Waals surface area contributed by atoms with Crippen molar-refractivity contribution in [2.45, 2.75) is 38.9 Å². The molecule has 28 heavy (non-hydrogen) atoms. The summed E-state index contributed by atoms with van der Waals surface area (Å²) in [5.74, 6) is -2.84. The molecule has 4 rings (SSSR count). The molecular weight excluding hydrogens is 360 g/mol. The molecule has 0 spiro atoms. The normalized spacial score (nSPS) is 27.0. The Morgan fingerprint density at radius 1 is 1.29 bits per heavy atom. The zero-order valence-electron chi connectivity index (χ0n) is 15.7. The van der Waals surface area contributed by atoms with Crippen LogP contribution in [0.3, 0.4) is 0 Å². The van der Waals surface area contributed by atoms with E-state index >= 15 is 0 Å². The molecule has 2 heterocycles. The van der Waals surface area contributed by atoms with Gasteiger partial charge in [0.1, 0.15) is 23.0 Å². The monoisotopic (exact) mass is 380 g/mol. The van der Waals surface area contributed by atoms with Crippen molar-refractivity contribution >= 4 is 11.8 Å².